The maximum atomic E-state index is 14.0. The Kier molecular flexibility index (Phi) is 12.1. The van der Waals surface area contributed by atoms with Gasteiger partial charge in [-0.05, 0) is 44.7 Å². The summed E-state index contributed by atoms with van der Waals surface area (Å²) in [5.74, 6) is -4.80. The van der Waals surface area contributed by atoms with Crippen molar-refractivity contribution in [1.82, 2.24) is 0 Å². The number of hydrogen-bond donors (Lipinski definition) is 3. The zero-order valence-electron chi connectivity index (χ0n) is 32.5. The highest BCUT2D eigenvalue weighted by Gasteiger charge is 2.76. The number of esters is 4. The fourth-order valence-corrected chi connectivity index (χ4v) is 8.85. The Balaban J connectivity index is 1.04. The quantitative estimate of drug-likeness (QED) is 0.139. The van der Waals surface area contributed by atoms with E-state index >= 15 is 0 Å². The van der Waals surface area contributed by atoms with Crippen molar-refractivity contribution in [1.29, 1.82) is 0 Å². The first-order valence-electron chi connectivity index (χ1n) is 19.6. The van der Waals surface area contributed by atoms with Crippen molar-refractivity contribution in [3.05, 3.63) is 42.0 Å². The molecule has 5 heterocycles. The Morgan fingerprint density at radius 3 is 2.11 bits per heavy atom. The number of hydrogen-bond acceptors (Lipinski definition) is 17. The summed E-state index contributed by atoms with van der Waals surface area (Å²) in [6, 6.07) is 9.42. The zero-order valence-corrected chi connectivity index (χ0v) is 32.5. The molecule has 2 spiro atoms. The number of rotatable bonds is 9. The highest BCUT2D eigenvalue weighted by atomic mass is 16.8. The van der Waals surface area contributed by atoms with E-state index in [0.717, 1.165) is 19.4 Å². The molecule has 1 saturated carbocycles. The number of carbonyl (C=O) groups excluding carboxylic acids is 4. The maximum absolute atomic E-state index is 14.0. The lowest BCUT2D eigenvalue weighted by molar-refractivity contribution is -0.358. The molecular formula is C40H52O17. The van der Waals surface area contributed by atoms with Crippen LogP contribution in [0.25, 0.3) is 6.08 Å². The minimum Gasteiger partial charge on any atom is -0.459 e. The molecule has 5 aliphatic heterocycles. The summed E-state index contributed by atoms with van der Waals surface area (Å²) in [5.41, 5.74) is 0.102. The van der Waals surface area contributed by atoms with Crippen LogP contribution < -0.4 is 0 Å². The van der Waals surface area contributed by atoms with Gasteiger partial charge in [-0.2, -0.15) is 0 Å². The van der Waals surface area contributed by atoms with E-state index in [0.29, 0.717) is 19.4 Å². The fourth-order valence-electron chi connectivity index (χ4n) is 8.85. The number of carbonyl (C=O) groups is 4. The van der Waals surface area contributed by atoms with Gasteiger partial charge in [0.25, 0.3) is 0 Å². The molecule has 0 radical (unpaired) electrons. The van der Waals surface area contributed by atoms with E-state index in [2.05, 4.69) is 0 Å². The predicted octanol–water partition coefficient (Wildman–Crippen LogP) is 1.31. The Morgan fingerprint density at radius 2 is 1.44 bits per heavy atom. The molecule has 1 aliphatic carbocycles. The van der Waals surface area contributed by atoms with Crippen LogP contribution in [0.3, 0.4) is 0 Å². The molecule has 3 N–H and O–H groups in total. The first-order valence-corrected chi connectivity index (χ1v) is 19.6. The van der Waals surface area contributed by atoms with Crippen molar-refractivity contribution < 1.29 is 81.9 Å². The van der Waals surface area contributed by atoms with Crippen LogP contribution in [0.2, 0.25) is 0 Å². The molecule has 0 amide bonds. The second kappa shape index (κ2) is 16.6. The standard InChI is InChI=1S/C40H52O17/c1-19-17-48-40(16-28(19)54-29(43)14-11-24-9-7-6-8-10-24)39(18-49-39)26-13-12-25(15-27(26)57-40)36(47)56-38-35(34(53-23(5)42)31(45)21(3)51-38)55-37-32(46)33(52-22(4)41)30(44)20(2)50-37/h6-11,14,19-21,25-28,30-35,37-38,44-46H,12-13,15-18H2,1-5H3/b14-11+/t19-,20-,21-,25-,26-,27+,28+,30-,31-,32-,33+,34+,35-,37+,38+,39-,40-/m1/s1. The minimum atomic E-state index is -1.73. The van der Waals surface area contributed by atoms with Crippen LogP contribution in [0.4, 0.5) is 0 Å². The largest absolute Gasteiger partial charge is 0.459 e. The molecule has 0 bridgehead atoms. The van der Waals surface area contributed by atoms with Gasteiger partial charge in [0.15, 0.2) is 30.2 Å². The number of aliphatic hydroxyl groups is 3. The van der Waals surface area contributed by atoms with Gasteiger partial charge in [-0.3, -0.25) is 14.4 Å². The molecule has 7 rings (SSSR count). The Labute approximate surface area is 329 Å². The topological polar surface area (TPSA) is 225 Å². The van der Waals surface area contributed by atoms with Crippen LogP contribution in [-0.4, -0.2) is 137 Å². The van der Waals surface area contributed by atoms with Gasteiger partial charge in [0.1, 0.15) is 24.4 Å². The zero-order chi connectivity index (χ0) is 40.8. The summed E-state index contributed by atoms with van der Waals surface area (Å²) >= 11 is 0. The Bertz CT molecular complexity index is 1670. The van der Waals surface area contributed by atoms with Crippen molar-refractivity contribution in [2.45, 2.75) is 145 Å². The summed E-state index contributed by atoms with van der Waals surface area (Å²) in [5, 5.41) is 32.7. The molecule has 1 aromatic carbocycles. The van der Waals surface area contributed by atoms with Crippen molar-refractivity contribution in [3.8, 4) is 0 Å². The maximum Gasteiger partial charge on any atom is 0.331 e. The van der Waals surface area contributed by atoms with E-state index in [1.807, 2.05) is 37.3 Å². The molecule has 17 atom stereocenters. The number of ether oxygens (including phenoxy) is 10. The van der Waals surface area contributed by atoms with Crippen LogP contribution in [0.5, 0.6) is 0 Å². The van der Waals surface area contributed by atoms with Gasteiger partial charge in [-0.25, -0.2) is 4.79 Å². The molecule has 0 unspecified atom stereocenters. The lowest BCUT2D eigenvalue weighted by Gasteiger charge is -2.46. The highest BCUT2D eigenvalue weighted by molar-refractivity contribution is 5.87. The van der Waals surface area contributed by atoms with Gasteiger partial charge in [0.05, 0.1) is 37.4 Å². The second-order valence-electron chi connectivity index (χ2n) is 16.0. The van der Waals surface area contributed by atoms with Crippen molar-refractivity contribution in [2.24, 2.45) is 17.8 Å². The average molecular weight is 805 g/mol. The first kappa shape index (κ1) is 41.6. The van der Waals surface area contributed by atoms with Crippen molar-refractivity contribution >= 4 is 30.0 Å². The fraction of sp³-hybridized carbons (Fsp3) is 0.700. The van der Waals surface area contributed by atoms with E-state index in [9.17, 15) is 34.5 Å². The molecule has 6 aliphatic rings. The predicted molar refractivity (Wildman–Crippen MR) is 191 cm³/mol. The van der Waals surface area contributed by atoms with Gasteiger partial charge >= 0.3 is 23.9 Å². The van der Waals surface area contributed by atoms with Crippen molar-refractivity contribution in [3.63, 3.8) is 0 Å². The molecule has 314 valence electrons. The van der Waals surface area contributed by atoms with Gasteiger partial charge in [-0.15, -0.1) is 0 Å². The summed E-state index contributed by atoms with van der Waals surface area (Å²) in [6.07, 6.45) is -10.6. The second-order valence-corrected chi connectivity index (χ2v) is 16.0. The minimum absolute atomic E-state index is 0.109. The molecule has 57 heavy (non-hydrogen) atoms. The third-order valence-electron chi connectivity index (χ3n) is 12.0. The summed E-state index contributed by atoms with van der Waals surface area (Å²) in [6.45, 7) is 7.81. The van der Waals surface area contributed by atoms with Crippen LogP contribution in [0, 0.1) is 17.8 Å². The van der Waals surface area contributed by atoms with E-state index in [1.54, 1.807) is 6.08 Å². The Morgan fingerprint density at radius 1 is 0.789 bits per heavy atom. The van der Waals surface area contributed by atoms with Crippen molar-refractivity contribution in [2.75, 3.05) is 13.2 Å². The lowest BCUT2D eigenvalue weighted by atomic mass is 9.72. The molecule has 6 fully saturated rings. The molecule has 17 heteroatoms. The van der Waals surface area contributed by atoms with Gasteiger partial charge in [0, 0.05) is 38.2 Å². The SMILES string of the molecule is CC(=O)O[C@@H]1[C@@H](O)[C@H](O[C@H]2[C@H](OC(=O)[C@@H]3CC[C@@H]4[C@H](C3)O[C@]3(C[C@H](OC(=O)/C=C/c5ccccc5)[C@H](C)CO3)[C@@]43CO3)O[C@H](C)[C@@H](O)[C@@H]2OC(C)=O)O[C@H](C)[C@H]1O. The molecule has 0 aromatic heterocycles. The highest BCUT2D eigenvalue weighted by Crippen LogP contribution is 2.62. The number of aliphatic hydroxyl groups excluding tert-OH is 3. The van der Waals surface area contributed by atoms with E-state index in [1.165, 1.54) is 19.9 Å². The summed E-state index contributed by atoms with van der Waals surface area (Å²) in [4.78, 5) is 50.9. The first-order chi connectivity index (χ1) is 27.1. The summed E-state index contributed by atoms with van der Waals surface area (Å²) < 4.78 is 59.4. The van der Waals surface area contributed by atoms with Gasteiger partial charge < -0.3 is 62.7 Å². The van der Waals surface area contributed by atoms with Crippen LogP contribution in [0.15, 0.2) is 36.4 Å². The normalized spacial score (nSPS) is 44.0. The number of fused-ring (bicyclic) bond motifs is 3. The number of benzene rings is 1. The monoisotopic (exact) mass is 804 g/mol. The molecular weight excluding hydrogens is 752 g/mol. The van der Waals surface area contributed by atoms with Gasteiger partial charge in [0.2, 0.25) is 12.1 Å². The average Bonchev–Trinajstić information content (AvgIpc) is 3.94. The third-order valence-corrected chi connectivity index (χ3v) is 12.0. The smallest absolute Gasteiger partial charge is 0.331 e. The molecule has 5 saturated heterocycles. The van der Waals surface area contributed by atoms with E-state index in [4.69, 9.17) is 47.4 Å². The van der Waals surface area contributed by atoms with Crippen LogP contribution in [-0.2, 0) is 66.5 Å². The van der Waals surface area contributed by atoms with Gasteiger partial charge in [-0.1, -0.05) is 37.3 Å². The Hall–Kier alpha value is -3.52. The van der Waals surface area contributed by atoms with Crippen LogP contribution >= 0.6 is 0 Å². The number of epoxide rings is 1. The molecule has 1 aromatic rings. The lowest BCUT2D eigenvalue weighted by Crippen LogP contribution is -2.64. The van der Waals surface area contributed by atoms with E-state index < -0.39 is 115 Å². The summed E-state index contributed by atoms with van der Waals surface area (Å²) in [7, 11) is 0. The van der Waals surface area contributed by atoms with Crippen LogP contribution in [0.1, 0.15) is 65.9 Å². The third kappa shape index (κ3) is 8.36. The molecule has 17 nitrogen and oxygen atoms in total. The van der Waals surface area contributed by atoms with E-state index in [-0.39, 0.29) is 31.3 Å².